The second kappa shape index (κ2) is 8.95. The Kier molecular flexibility index (Phi) is 7.61. The van der Waals surface area contributed by atoms with E-state index in [1.807, 2.05) is 30.5 Å². The van der Waals surface area contributed by atoms with E-state index in [0.717, 1.165) is 17.1 Å². The van der Waals surface area contributed by atoms with Gasteiger partial charge in [0.2, 0.25) is 5.91 Å². The average molecular weight is 311 g/mol. The molecule has 1 atom stereocenters. The number of hydrogen-bond donors (Lipinski definition) is 2. The summed E-state index contributed by atoms with van der Waals surface area (Å²) in [4.78, 5) is 11.8. The van der Waals surface area contributed by atoms with Gasteiger partial charge in [0.1, 0.15) is 5.75 Å². The molecule has 1 amide bonds. The Morgan fingerprint density at radius 2 is 2.05 bits per heavy atom. The summed E-state index contributed by atoms with van der Waals surface area (Å²) in [5.74, 6) is 1.66. The summed E-state index contributed by atoms with van der Waals surface area (Å²) in [6.45, 7) is 2.06. The Morgan fingerprint density at radius 1 is 1.38 bits per heavy atom. The van der Waals surface area contributed by atoms with Crippen LogP contribution in [0.25, 0.3) is 0 Å². The third-order valence-electron chi connectivity index (χ3n) is 3.31. The molecule has 1 aromatic carbocycles. The van der Waals surface area contributed by atoms with Crippen molar-refractivity contribution in [3.05, 3.63) is 29.8 Å². The number of nitrogens with one attached hydrogen (secondary N) is 1. The highest BCUT2D eigenvalue weighted by atomic mass is 32.2. The number of aliphatic hydroxyl groups is 1. The molecule has 5 heteroatoms. The zero-order valence-electron chi connectivity index (χ0n) is 13.0. The van der Waals surface area contributed by atoms with Crippen molar-refractivity contribution in [3.8, 4) is 5.75 Å². The lowest BCUT2D eigenvalue weighted by Crippen LogP contribution is -2.41. The molecule has 0 fully saturated rings. The maximum Gasteiger partial charge on any atom is 0.220 e. The first-order valence-electron chi connectivity index (χ1n) is 7.08. The number of benzene rings is 1. The van der Waals surface area contributed by atoms with E-state index in [9.17, 15) is 9.90 Å². The highest BCUT2D eigenvalue weighted by molar-refractivity contribution is 7.98. The van der Waals surface area contributed by atoms with Crippen LogP contribution in [0.2, 0.25) is 0 Å². The van der Waals surface area contributed by atoms with Crippen LogP contribution in [0.4, 0.5) is 0 Å². The van der Waals surface area contributed by atoms with Gasteiger partial charge in [-0.2, -0.15) is 11.8 Å². The van der Waals surface area contributed by atoms with Crippen LogP contribution in [0, 0.1) is 0 Å². The zero-order valence-corrected chi connectivity index (χ0v) is 13.8. The summed E-state index contributed by atoms with van der Waals surface area (Å²) in [6.07, 6.45) is 3.78. The molecule has 0 aromatic heterocycles. The molecule has 0 saturated carbocycles. The van der Waals surface area contributed by atoms with E-state index in [4.69, 9.17) is 4.74 Å². The number of ether oxygens (including phenoxy) is 1. The minimum atomic E-state index is -0.835. The van der Waals surface area contributed by atoms with Gasteiger partial charge in [0.05, 0.1) is 12.7 Å². The van der Waals surface area contributed by atoms with E-state index in [2.05, 4.69) is 5.32 Å². The quantitative estimate of drug-likeness (QED) is 0.734. The maximum atomic E-state index is 11.8. The van der Waals surface area contributed by atoms with E-state index in [-0.39, 0.29) is 5.91 Å². The maximum absolute atomic E-state index is 11.8. The SMILES string of the molecule is COc1ccc(CCC(=O)NCC(C)(O)CCSC)cc1. The molecule has 118 valence electrons. The van der Waals surface area contributed by atoms with Crippen molar-refractivity contribution in [2.45, 2.75) is 31.8 Å². The van der Waals surface area contributed by atoms with E-state index in [1.165, 1.54) is 0 Å². The molecule has 0 aliphatic heterocycles. The van der Waals surface area contributed by atoms with Gasteiger partial charge >= 0.3 is 0 Å². The van der Waals surface area contributed by atoms with E-state index >= 15 is 0 Å². The molecular formula is C16H25NO3S. The van der Waals surface area contributed by atoms with Crippen molar-refractivity contribution in [2.75, 3.05) is 25.7 Å². The lowest BCUT2D eigenvalue weighted by Gasteiger charge is -2.23. The van der Waals surface area contributed by atoms with E-state index in [0.29, 0.717) is 25.8 Å². The number of aryl methyl sites for hydroxylation is 1. The number of methoxy groups -OCH3 is 1. The normalized spacial score (nSPS) is 13.5. The molecule has 0 aliphatic rings. The molecule has 21 heavy (non-hydrogen) atoms. The minimum Gasteiger partial charge on any atom is -0.497 e. The average Bonchev–Trinajstić information content (AvgIpc) is 2.49. The smallest absolute Gasteiger partial charge is 0.220 e. The van der Waals surface area contributed by atoms with Gasteiger partial charge in [-0.1, -0.05) is 12.1 Å². The number of thioether (sulfide) groups is 1. The summed E-state index contributed by atoms with van der Waals surface area (Å²) >= 11 is 1.69. The van der Waals surface area contributed by atoms with Crippen LogP contribution in [0.3, 0.4) is 0 Å². The first kappa shape index (κ1) is 17.9. The van der Waals surface area contributed by atoms with Gasteiger partial charge in [0, 0.05) is 13.0 Å². The molecule has 0 bridgehead atoms. The summed E-state index contributed by atoms with van der Waals surface area (Å²) < 4.78 is 5.09. The minimum absolute atomic E-state index is 0.0322. The first-order valence-corrected chi connectivity index (χ1v) is 8.47. The van der Waals surface area contributed by atoms with E-state index < -0.39 is 5.60 Å². The van der Waals surface area contributed by atoms with Gasteiger partial charge in [0.25, 0.3) is 0 Å². The predicted octanol–water partition coefficient (Wildman–Crippen LogP) is 2.25. The van der Waals surface area contributed by atoms with Crippen LogP contribution in [-0.4, -0.2) is 42.3 Å². The molecule has 1 rings (SSSR count). The van der Waals surface area contributed by atoms with Crippen molar-refractivity contribution >= 4 is 17.7 Å². The Hall–Kier alpha value is -1.20. The molecular weight excluding hydrogens is 286 g/mol. The standard InChI is InChI=1S/C16H25NO3S/c1-16(19,10-11-21-3)12-17-15(18)9-6-13-4-7-14(20-2)8-5-13/h4-5,7-8,19H,6,9-12H2,1-3H3,(H,17,18). The molecule has 2 N–H and O–H groups in total. The van der Waals surface area contributed by atoms with Crippen molar-refractivity contribution in [3.63, 3.8) is 0 Å². The Balaban J connectivity index is 2.30. The third-order valence-corrected chi connectivity index (χ3v) is 3.92. The van der Waals surface area contributed by atoms with Gasteiger partial charge in [-0.05, 0) is 49.5 Å². The fourth-order valence-electron chi connectivity index (χ4n) is 1.84. The van der Waals surface area contributed by atoms with Gasteiger partial charge < -0.3 is 15.2 Å². The molecule has 1 aromatic rings. The third kappa shape index (κ3) is 7.39. The molecule has 0 aliphatic carbocycles. The van der Waals surface area contributed by atoms with Crippen molar-refractivity contribution < 1.29 is 14.6 Å². The molecule has 0 saturated heterocycles. The molecule has 0 heterocycles. The number of hydrogen-bond acceptors (Lipinski definition) is 4. The number of rotatable bonds is 9. The predicted molar refractivity (Wildman–Crippen MR) is 87.9 cm³/mol. The topological polar surface area (TPSA) is 58.6 Å². The van der Waals surface area contributed by atoms with Gasteiger partial charge in [0.15, 0.2) is 0 Å². The lowest BCUT2D eigenvalue weighted by atomic mass is 10.0. The Labute approximate surface area is 131 Å². The first-order chi connectivity index (χ1) is 9.96. The van der Waals surface area contributed by atoms with Gasteiger partial charge in [-0.25, -0.2) is 0 Å². The molecule has 1 unspecified atom stereocenters. The summed E-state index contributed by atoms with van der Waals surface area (Å²) in [5.41, 5.74) is 0.263. The van der Waals surface area contributed by atoms with Crippen LogP contribution < -0.4 is 10.1 Å². The Morgan fingerprint density at radius 3 is 2.62 bits per heavy atom. The second-order valence-electron chi connectivity index (χ2n) is 5.36. The monoisotopic (exact) mass is 311 g/mol. The van der Waals surface area contributed by atoms with Crippen LogP contribution in [-0.2, 0) is 11.2 Å². The highest BCUT2D eigenvalue weighted by Crippen LogP contribution is 2.13. The number of carbonyl (C=O) groups is 1. The summed E-state index contributed by atoms with van der Waals surface area (Å²) in [6, 6.07) is 7.70. The largest absolute Gasteiger partial charge is 0.497 e. The highest BCUT2D eigenvalue weighted by Gasteiger charge is 2.20. The van der Waals surface area contributed by atoms with Crippen LogP contribution in [0.1, 0.15) is 25.3 Å². The van der Waals surface area contributed by atoms with E-state index in [1.54, 1.807) is 25.8 Å². The number of amides is 1. The van der Waals surface area contributed by atoms with Gasteiger partial charge in [-0.15, -0.1) is 0 Å². The lowest BCUT2D eigenvalue weighted by molar-refractivity contribution is -0.122. The van der Waals surface area contributed by atoms with Crippen LogP contribution >= 0.6 is 11.8 Å². The molecule has 0 radical (unpaired) electrons. The van der Waals surface area contributed by atoms with Crippen molar-refractivity contribution in [1.29, 1.82) is 0 Å². The Bertz CT molecular complexity index is 432. The second-order valence-corrected chi connectivity index (χ2v) is 6.35. The summed E-state index contributed by atoms with van der Waals surface area (Å²) in [5, 5.41) is 12.9. The van der Waals surface area contributed by atoms with Gasteiger partial charge in [-0.3, -0.25) is 4.79 Å². The fourth-order valence-corrected chi connectivity index (χ4v) is 2.48. The fraction of sp³-hybridized carbons (Fsp3) is 0.562. The van der Waals surface area contributed by atoms with Crippen molar-refractivity contribution in [1.82, 2.24) is 5.32 Å². The van der Waals surface area contributed by atoms with Crippen molar-refractivity contribution in [2.24, 2.45) is 0 Å². The van der Waals surface area contributed by atoms with Crippen LogP contribution in [0.15, 0.2) is 24.3 Å². The molecule has 4 nitrogen and oxygen atoms in total. The summed E-state index contributed by atoms with van der Waals surface area (Å²) in [7, 11) is 1.63. The zero-order chi connectivity index (χ0) is 15.7. The van der Waals surface area contributed by atoms with Crippen LogP contribution in [0.5, 0.6) is 5.75 Å². The number of carbonyl (C=O) groups excluding carboxylic acids is 1. The molecule has 0 spiro atoms.